The molecule has 2 atom stereocenters. The van der Waals surface area contributed by atoms with Crippen LogP contribution in [-0.4, -0.2) is 42.7 Å². The van der Waals surface area contributed by atoms with Crippen molar-refractivity contribution >= 4 is 5.91 Å². The highest BCUT2D eigenvalue weighted by Crippen LogP contribution is 2.36. The van der Waals surface area contributed by atoms with Crippen LogP contribution in [0.4, 0.5) is 13.2 Å². The Morgan fingerprint density at radius 2 is 1.94 bits per heavy atom. The summed E-state index contributed by atoms with van der Waals surface area (Å²) in [5.74, 6) is 0.390. The molecular weight excluding hydrogens is 245 g/mol. The third-order valence-electron chi connectivity index (χ3n) is 3.92. The minimum Gasteiger partial charge on any atom is -0.338 e. The van der Waals surface area contributed by atoms with Crippen LogP contribution in [0.3, 0.4) is 0 Å². The Morgan fingerprint density at radius 1 is 1.22 bits per heavy atom. The van der Waals surface area contributed by atoms with Gasteiger partial charge in [0.1, 0.15) is 0 Å². The molecule has 1 aliphatic heterocycles. The van der Waals surface area contributed by atoms with Gasteiger partial charge in [-0.3, -0.25) is 4.79 Å². The van der Waals surface area contributed by atoms with E-state index in [1.54, 1.807) is 4.90 Å². The molecule has 104 valence electrons. The molecular formula is C12H19F3N2O. The van der Waals surface area contributed by atoms with Gasteiger partial charge in [-0.15, -0.1) is 0 Å². The Hall–Kier alpha value is -0.780. The number of nitrogens with one attached hydrogen (secondary N) is 1. The monoisotopic (exact) mass is 264 g/mol. The van der Waals surface area contributed by atoms with Crippen LogP contribution in [0, 0.1) is 5.92 Å². The first-order chi connectivity index (χ1) is 8.47. The molecule has 6 heteroatoms. The summed E-state index contributed by atoms with van der Waals surface area (Å²) in [6, 6.07) is 0.277. The zero-order valence-electron chi connectivity index (χ0n) is 10.3. The molecule has 2 fully saturated rings. The van der Waals surface area contributed by atoms with Gasteiger partial charge in [-0.25, -0.2) is 0 Å². The van der Waals surface area contributed by atoms with Gasteiger partial charge in [0.25, 0.3) is 0 Å². The summed E-state index contributed by atoms with van der Waals surface area (Å²) in [6.07, 6.45) is 1.18. The summed E-state index contributed by atoms with van der Waals surface area (Å²) in [4.78, 5) is 13.7. The fraction of sp³-hybridized carbons (Fsp3) is 0.917. The van der Waals surface area contributed by atoms with Gasteiger partial charge < -0.3 is 10.2 Å². The van der Waals surface area contributed by atoms with Crippen molar-refractivity contribution in [3.8, 4) is 0 Å². The average molecular weight is 264 g/mol. The molecule has 1 saturated heterocycles. The van der Waals surface area contributed by atoms with Crippen LogP contribution < -0.4 is 5.32 Å². The second kappa shape index (κ2) is 5.47. The molecule has 0 aromatic carbocycles. The summed E-state index contributed by atoms with van der Waals surface area (Å²) >= 11 is 0. The Labute approximate surface area is 105 Å². The highest BCUT2D eigenvalue weighted by atomic mass is 19.4. The summed E-state index contributed by atoms with van der Waals surface area (Å²) in [6.45, 7) is -0.600. The summed E-state index contributed by atoms with van der Waals surface area (Å²) in [5.41, 5.74) is 0. The topological polar surface area (TPSA) is 32.3 Å². The third kappa shape index (κ3) is 3.37. The number of nitrogens with zero attached hydrogens (tertiary/aromatic N) is 1. The number of halogens is 3. The standard InChI is InChI=1S/C12H19F3N2O/c13-12(14,15)8-16-7-11(18)17-6-2-4-9-3-1-5-10(9)17/h9-10,16H,1-8H2. The van der Waals surface area contributed by atoms with E-state index in [-0.39, 0.29) is 18.5 Å². The third-order valence-corrected chi connectivity index (χ3v) is 3.92. The van der Waals surface area contributed by atoms with E-state index in [0.29, 0.717) is 12.5 Å². The lowest BCUT2D eigenvalue weighted by Crippen LogP contribution is -2.49. The van der Waals surface area contributed by atoms with E-state index in [4.69, 9.17) is 0 Å². The van der Waals surface area contributed by atoms with Crippen LogP contribution in [-0.2, 0) is 4.79 Å². The smallest absolute Gasteiger partial charge is 0.338 e. The Bertz CT molecular complexity index is 306. The molecule has 2 unspecified atom stereocenters. The predicted molar refractivity (Wildman–Crippen MR) is 61.0 cm³/mol. The first kappa shape index (κ1) is 13.6. The van der Waals surface area contributed by atoms with Crippen LogP contribution in [0.15, 0.2) is 0 Å². The molecule has 18 heavy (non-hydrogen) atoms. The lowest BCUT2D eigenvalue weighted by Gasteiger charge is -2.38. The number of hydrogen-bond donors (Lipinski definition) is 1. The van der Waals surface area contributed by atoms with Crippen LogP contribution >= 0.6 is 0 Å². The predicted octanol–water partition coefficient (Wildman–Crippen LogP) is 1.93. The van der Waals surface area contributed by atoms with Crippen molar-refractivity contribution in [1.29, 1.82) is 0 Å². The number of likely N-dealkylation sites (tertiary alicyclic amines) is 1. The molecule has 0 aromatic heterocycles. The molecule has 1 heterocycles. The van der Waals surface area contributed by atoms with Crippen molar-refractivity contribution in [1.82, 2.24) is 10.2 Å². The number of fused-ring (bicyclic) bond motifs is 1. The van der Waals surface area contributed by atoms with Crippen molar-refractivity contribution in [2.24, 2.45) is 5.92 Å². The molecule has 1 N–H and O–H groups in total. The molecule has 2 rings (SSSR count). The van der Waals surface area contributed by atoms with Gasteiger partial charge in [-0.1, -0.05) is 6.42 Å². The Balaban J connectivity index is 1.81. The summed E-state index contributed by atoms with van der Waals surface area (Å²) < 4.78 is 35.9. The van der Waals surface area contributed by atoms with Gasteiger partial charge >= 0.3 is 6.18 Å². The lowest BCUT2D eigenvalue weighted by atomic mass is 9.92. The first-order valence-electron chi connectivity index (χ1n) is 6.54. The second-order valence-corrected chi connectivity index (χ2v) is 5.21. The highest BCUT2D eigenvalue weighted by molar-refractivity contribution is 5.78. The summed E-state index contributed by atoms with van der Waals surface area (Å²) in [7, 11) is 0. The van der Waals surface area contributed by atoms with Crippen molar-refractivity contribution in [3.63, 3.8) is 0 Å². The Kier molecular flexibility index (Phi) is 4.14. The van der Waals surface area contributed by atoms with E-state index >= 15 is 0 Å². The number of piperidine rings is 1. The normalized spacial score (nSPS) is 28.3. The van der Waals surface area contributed by atoms with Crippen molar-refractivity contribution < 1.29 is 18.0 Å². The molecule has 2 aliphatic rings. The number of alkyl halides is 3. The fourth-order valence-corrected chi connectivity index (χ4v) is 3.18. The van der Waals surface area contributed by atoms with Crippen molar-refractivity contribution in [3.05, 3.63) is 0 Å². The van der Waals surface area contributed by atoms with Crippen LogP contribution in [0.1, 0.15) is 32.1 Å². The zero-order valence-corrected chi connectivity index (χ0v) is 10.3. The van der Waals surface area contributed by atoms with Gasteiger partial charge in [0.05, 0.1) is 13.1 Å². The largest absolute Gasteiger partial charge is 0.401 e. The van der Waals surface area contributed by atoms with E-state index in [9.17, 15) is 18.0 Å². The number of amides is 1. The van der Waals surface area contributed by atoms with Gasteiger partial charge in [-0.05, 0) is 31.6 Å². The fourth-order valence-electron chi connectivity index (χ4n) is 3.18. The number of rotatable bonds is 3. The Morgan fingerprint density at radius 3 is 2.67 bits per heavy atom. The molecule has 0 spiro atoms. The SMILES string of the molecule is O=C(CNCC(F)(F)F)N1CCCC2CCCC21. The molecule has 0 radical (unpaired) electrons. The van der Waals surface area contributed by atoms with Crippen LogP contribution in [0.25, 0.3) is 0 Å². The maximum Gasteiger partial charge on any atom is 0.401 e. The van der Waals surface area contributed by atoms with E-state index in [0.717, 1.165) is 32.1 Å². The van der Waals surface area contributed by atoms with Gasteiger partial charge in [-0.2, -0.15) is 13.2 Å². The maximum absolute atomic E-state index is 12.0. The van der Waals surface area contributed by atoms with Gasteiger partial charge in [0, 0.05) is 12.6 Å². The van der Waals surface area contributed by atoms with E-state index in [2.05, 4.69) is 5.32 Å². The van der Waals surface area contributed by atoms with Crippen molar-refractivity contribution in [2.45, 2.75) is 44.3 Å². The minimum absolute atomic E-state index is 0.184. The molecule has 0 aromatic rings. The molecule has 3 nitrogen and oxygen atoms in total. The molecule has 0 bridgehead atoms. The zero-order chi connectivity index (χ0) is 13.2. The molecule has 1 aliphatic carbocycles. The maximum atomic E-state index is 12.0. The molecule has 1 amide bonds. The van der Waals surface area contributed by atoms with Crippen LogP contribution in [0.5, 0.6) is 0 Å². The number of carbonyl (C=O) groups excluding carboxylic acids is 1. The van der Waals surface area contributed by atoms with E-state index < -0.39 is 12.7 Å². The first-order valence-corrected chi connectivity index (χ1v) is 6.54. The number of hydrogen-bond acceptors (Lipinski definition) is 2. The van der Waals surface area contributed by atoms with Crippen LogP contribution in [0.2, 0.25) is 0 Å². The quantitative estimate of drug-likeness (QED) is 0.844. The second-order valence-electron chi connectivity index (χ2n) is 5.21. The minimum atomic E-state index is -4.25. The summed E-state index contributed by atoms with van der Waals surface area (Å²) in [5, 5.41) is 2.19. The van der Waals surface area contributed by atoms with E-state index in [1.807, 2.05) is 0 Å². The number of carbonyl (C=O) groups is 1. The van der Waals surface area contributed by atoms with Crippen molar-refractivity contribution in [2.75, 3.05) is 19.6 Å². The molecule has 1 saturated carbocycles. The van der Waals surface area contributed by atoms with Gasteiger partial charge in [0.2, 0.25) is 5.91 Å². The highest BCUT2D eigenvalue weighted by Gasteiger charge is 2.37. The average Bonchev–Trinajstić information content (AvgIpc) is 2.74. The van der Waals surface area contributed by atoms with Gasteiger partial charge in [0.15, 0.2) is 0 Å². The van der Waals surface area contributed by atoms with E-state index in [1.165, 1.54) is 0 Å². The lowest BCUT2D eigenvalue weighted by molar-refractivity contribution is -0.137.